The number of rotatable bonds is 6. The lowest BCUT2D eigenvalue weighted by molar-refractivity contribution is 0.0527. The molecule has 32 heavy (non-hydrogen) atoms. The maximum absolute atomic E-state index is 13.2. The van der Waals surface area contributed by atoms with E-state index in [1.165, 1.54) is 6.07 Å². The topological polar surface area (TPSA) is 87.0 Å². The first-order valence-corrected chi connectivity index (χ1v) is 10.4. The summed E-state index contributed by atoms with van der Waals surface area (Å²) < 4.78 is 18.5. The monoisotopic (exact) mass is 435 g/mol. The Bertz CT molecular complexity index is 1220. The molecule has 0 bridgehead atoms. The fourth-order valence-corrected chi connectivity index (χ4v) is 4.44. The van der Waals surface area contributed by atoms with Crippen LogP contribution in [0.15, 0.2) is 36.4 Å². The van der Waals surface area contributed by atoms with E-state index in [2.05, 4.69) is 4.57 Å². The fourth-order valence-electron chi connectivity index (χ4n) is 4.44. The zero-order valence-corrected chi connectivity index (χ0v) is 18.5. The molecule has 3 aromatic rings. The molecular formula is C25H25NO6. The van der Waals surface area contributed by atoms with Gasteiger partial charge in [0.25, 0.3) is 0 Å². The van der Waals surface area contributed by atoms with Gasteiger partial charge in [0.05, 0.1) is 37.6 Å². The number of ether oxygens (including phenoxy) is 3. The molecule has 0 radical (unpaired) electrons. The summed E-state index contributed by atoms with van der Waals surface area (Å²) in [7, 11) is 3.17. The number of benzene rings is 2. The molecule has 2 heterocycles. The molecule has 1 aliphatic heterocycles. The number of methoxy groups -OCH3 is 2. The standard InChI is InChI=1S/C25H25NO6/c1-5-32-25(29)22-21(16-7-6-8-17(11-16)24(27)28)14(2)26-10-9-15-12-19(30-3)20(31-4)13-18(15)23(22)26/h6-8,11-13H,5,9-10H2,1-4H3,(H,27,28). The molecule has 0 aliphatic carbocycles. The summed E-state index contributed by atoms with van der Waals surface area (Å²) in [6.45, 7) is 4.62. The van der Waals surface area contributed by atoms with Crippen LogP contribution in [0.5, 0.6) is 11.5 Å². The molecule has 0 spiro atoms. The van der Waals surface area contributed by atoms with Crippen LogP contribution < -0.4 is 9.47 Å². The van der Waals surface area contributed by atoms with E-state index in [1.54, 1.807) is 33.3 Å². The quantitative estimate of drug-likeness (QED) is 0.571. The van der Waals surface area contributed by atoms with Crippen LogP contribution in [0.4, 0.5) is 0 Å². The first-order chi connectivity index (χ1) is 15.4. The van der Waals surface area contributed by atoms with Crippen LogP contribution in [0.1, 0.15) is 38.9 Å². The number of hydrogen-bond acceptors (Lipinski definition) is 5. The number of carboxylic acid groups (broad SMARTS) is 1. The second-order valence-electron chi connectivity index (χ2n) is 7.56. The fraction of sp³-hybridized carbons (Fsp3) is 0.280. The van der Waals surface area contributed by atoms with E-state index in [4.69, 9.17) is 14.2 Å². The number of carbonyl (C=O) groups excluding carboxylic acids is 1. The average Bonchev–Trinajstić information content (AvgIpc) is 3.11. The van der Waals surface area contributed by atoms with Gasteiger partial charge in [0.15, 0.2) is 11.5 Å². The largest absolute Gasteiger partial charge is 0.493 e. The third-order valence-corrected chi connectivity index (χ3v) is 5.87. The molecule has 1 aliphatic rings. The number of esters is 1. The normalized spacial score (nSPS) is 12.0. The van der Waals surface area contributed by atoms with Crippen molar-refractivity contribution in [1.29, 1.82) is 0 Å². The van der Waals surface area contributed by atoms with Crippen molar-refractivity contribution < 1.29 is 28.9 Å². The highest BCUT2D eigenvalue weighted by Crippen LogP contribution is 2.45. The average molecular weight is 435 g/mol. The summed E-state index contributed by atoms with van der Waals surface area (Å²) in [5, 5.41) is 9.46. The lowest BCUT2D eigenvalue weighted by Gasteiger charge is -2.23. The third kappa shape index (κ3) is 3.39. The maximum Gasteiger partial charge on any atom is 0.340 e. The number of carbonyl (C=O) groups is 2. The Balaban J connectivity index is 2.04. The smallest absolute Gasteiger partial charge is 0.340 e. The molecule has 0 fully saturated rings. The maximum atomic E-state index is 13.2. The highest BCUT2D eigenvalue weighted by atomic mass is 16.5. The molecule has 1 N–H and O–H groups in total. The van der Waals surface area contributed by atoms with Gasteiger partial charge in [-0.2, -0.15) is 0 Å². The van der Waals surface area contributed by atoms with Crippen molar-refractivity contribution in [3.8, 4) is 33.9 Å². The van der Waals surface area contributed by atoms with Crippen LogP contribution in [0.25, 0.3) is 22.4 Å². The van der Waals surface area contributed by atoms with E-state index < -0.39 is 11.9 Å². The van der Waals surface area contributed by atoms with Crippen LogP contribution in [0.2, 0.25) is 0 Å². The number of fused-ring (bicyclic) bond motifs is 3. The SMILES string of the molecule is CCOC(=O)c1c(-c2cccc(C(=O)O)c2)c(C)n2c1-c1cc(OC)c(OC)cc1CC2. The van der Waals surface area contributed by atoms with Crippen molar-refractivity contribution in [2.45, 2.75) is 26.8 Å². The zero-order chi connectivity index (χ0) is 23.0. The third-order valence-electron chi connectivity index (χ3n) is 5.87. The van der Waals surface area contributed by atoms with Crippen LogP contribution >= 0.6 is 0 Å². The molecule has 0 unspecified atom stereocenters. The molecule has 0 amide bonds. The highest BCUT2D eigenvalue weighted by molar-refractivity contribution is 6.06. The molecule has 1 aromatic heterocycles. The van der Waals surface area contributed by atoms with E-state index in [-0.39, 0.29) is 12.2 Å². The van der Waals surface area contributed by atoms with E-state index in [9.17, 15) is 14.7 Å². The number of aromatic nitrogens is 1. The zero-order valence-electron chi connectivity index (χ0n) is 18.5. The van der Waals surface area contributed by atoms with Crippen molar-refractivity contribution in [2.75, 3.05) is 20.8 Å². The minimum atomic E-state index is -1.02. The van der Waals surface area contributed by atoms with Crippen LogP contribution in [0, 0.1) is 6.92 Å². The van der Waals surface area contributed by atoms with Crippen LogP contribution in [-0.2, 0) is 17.7 Å². The first kappa shape index (κ1) is 21.5. The van der Waals surface area contributed by atoms with E-state index in [0.717, 1.165) is 28.9 Å². The Morgan fingerprint density at radius 3 is 2.47 bits per heavy atom. The van der Waals surface area contributed by atoms with Gasteiger partial charge in [-0.05, 0) is 55.7 Å². The summed E-state index contributed by atoms with van der Waals surface area (Å²) in [4.78, 5) is 24.8. The van der Waals surface area contributed by atoms with Gasteiger partial charge < -0.3 is 23.9 Å². The van der Waals surface area contributed by atoms with Gasteiger partial charge in [0.1, 0.15) is 0 Å². The summed E-state index contributed by atoms with van der Waals surface area (Å²) in [6, 6.07) is 10.5. The summed E-state index contributed by atoms with van der Waals surface area (Å²) >= 11 is 0. The molecule has 0 saturated carbocycles. The van der Waals surface area contributed by atoms with Gasteiger partial charge in [0, 0.05) is 23.4 Å². The van der Waals surface area contributed by atoms with Crippen LogP contribution in [0.3, 0.4) is 0 Å². The predicted octanol–water partition coefficient (Wildman–Crippen LogP) is 4.58. The van der Waals surface area contributed by atoms with Gasteiger partial charge in [-0.3, -0.25) is 0 Å². The van der Waals surface area contributed by atoms with Crippen molar-refractivity contribution in [3.05, 3.63) is 58.8 Å². The molecule has 7 nitrogen and oxygen atoms in total. The van der Waals surface area contributed by atoms with Gasteiger partial charge in [-0.1, -0.05) is 12.1 Å². The van der Waals surface area contributed by atoms with Gasteiger partial charge in [-0.15, -0.1) is 0 Å². The Morgan fingerprint density at radius 2 is 1.81 bits per heavy atom. The Hall–Kier alpha value is -3.74. The van der Waals surface area contributed by atoms with Crippen molar-refractivity contribution in [3.63, 3.8) is 0 Å². The van der Waals surface area contributed by atoms with E-state index in [1.807, 2.05) is 25.1 Å². The van der Waals surface area contributed by atoms with Crippen molar-refractivity contribution >= 4 is 11.9 Å². The number of hydrogen-bond donors (Lipinski definition) is 1. The summed E-state index contributed by atoms with van der Waals surface area (Å²) in [5.41, 5.74) is 5.49. The molecule has 4 rings (SSSR count). The Morgan fingerprint density at radius 1 is 1.09 bits per heavy atom. The van der Waals surface area contributed by atoms with Gasteiger partial charge in [-0.25, -0.2) is 9.59 Å². The molecular weight excluding hydrogens is 410 g/mol. The second kappa shape index (κ2) is 8.42. The minimum absolute atomic E-state index is 0.160. The van der Waals surface area contributed by atoms with Crippen molar-refractivity contribution in [1.82, 2.24) is 4.57 Å². The van der Waals surface area contributed by atoms with Crippen LogP contribution in [-0.4, -0.2) is 42.4 Å². The molecule has 2 aromatic carbocycles. The van der Waals surface area contributed by atoms with Crippen molar-refractivity contribution in [2.24, 2.45) is 0 Å². The molecule has 0 saturated heterocycles. The first-order valence-electron chi connectivity index (χ1n) is 10.4. The lowest BCUT2D eigenvalue weighted by Crippen LogP contribution is -2.15. The highest BCUT2D eigenvalue weighted by Gasteiger charge is 2.32. The van der Waals surface area contributed by atoms with E-state index >= 15 is 0 Å². The number of nitrogens with zero attached hydrogens (tertiary/aromatic N) is 1. The Labute approximate surface area is 186 Å². The van der Waals surface area contributed by atoms with Gasteiger partial charge in [0.2, 0.25) is 0 Å². The number of carboxylic acids is 1. The molecule has 7 heteroatoms. The van der Waals surface area contributed by atoms with Gasteiger partial charge >= 0.3 is 11.9 Å². The molecule has 166 valence electrons. The predicted molar refractivity (Wildman–Crippen MR) is 120 cm³/mol. The summed E-state index contributed by atoms with van der Waals surface area (Å²) in [6.07, 6.45) is 0.759. The minimum Gasteiger partial charge on any atom is -0.493 e. The number of aryl methyl sites for hydroxylation is 1. The Kier molecular flexibility index (Phi) is 5.65. The molecule has 0 atom stereocenters. The lowest BCUT2D eigenvalue weighted by atomic mass is 9.93. The number of aromatic carboxylic acids is 1. The van der Waals surface area contributed by atoms with E-state index in [0.29, 0.717) is 34.7 Å². The summed E-state index contributed by atoms with van der Waals surface area (Å²) in [5.74, 6) is -0.256. The second-order valence-corrected chi connectivity index (χ2v) is 7.56.